The van der Waals surface area contributed by atoms with Gasteiger partial charge in [0.25, 0.3) is 0 Å². The Morgan fingerprint density at radius 2 is 1.80 bits per heavy atom. The molecule has 0 radical (unpaired) electrons. The number of ketones is 1. The Morgan fingerprint density at radius 3 is 2.56 bits per heavy atom. The number of benzene rings is 3. The maximum Gasteiger partial charge on any atom is 0.227 e. The molecule has 4 aromatic rings. The van der Waals surface area contributed by atoms with Crippen LogP contribution in [0.1, 0.15) is 103 Å². The standard InChI is InChI=1S/C46H55NO7S/c1-30-9-7-20-45(2)38(36-17-14-31(23-34(48)16-13-30)24-37(36)44(50)42-27-33-10-5-6-12-41(33)55-42)19-21-46(45,51)29-47(28-35-11-8-22-54-35)43(49)26-32-15-18-39(52-3)40(25-32)53-4/h5-6,9-10,12,14-15,17-18,24-25,27,34-35,38,48,51H,7-8,11,13,16,19-23,26,28-29H2,1-4H3. The number of rotatable bonds is 10. The number of allylic oxidation sites excluding steroid dienone is 2. The van der Waals surface area contributed by atoms with Crippen LogP contribution in [0, 0.1) is 5.41 Å². The molecule has 292 valence electrons. The molecule has 1 aliphatic heterocycles. The number of nitrogens with zero attached hydrogens (tertiary/aromatic N) is 1. The van der Waals surface area contributed by atoms with Crippen molar-refractivity contribution < 1.29 is 34.0 Å². The molecule has 1 aromatic heterocycles. The first-order chi connectivity index (χ1) is 26.5. The number of carbonyl (C=O) groups excluding carboxylic acids is 2. The molecular formula is C46H55NO7S. The maximum absolute atomic E-state index is 14.7. The van der Waals surface area contributed by atoms with E-state index in [0.717, 1.165) is 52.5 Å². The van der Waals surface area contributed by atoms with Gasteiger partial charge in [-0.05, 0) is 123 Å². The lowest BCUT2D eigenvalue weighted by molar-refractivity contribution is -0.141. The first-order valence-corrected chi connectivity index (χ1v) is 20.6. The van der Waals surface area contributed by atoms with E-state index in [1.54, 1.807) is 14.2 Å². The second kappa shape index (κ2) is 16.6. The fraction of sp³-hybridized carbons (Fsp3) is 0.478. The Bertz CT molecular complexity index is 2020. The van der Waals surface area contributed by atoms with Gasteiger partial charge >= 0.3 is 0 Å². The van der Waals surface area contributed by atoms with Crippen molar-refractivity contribution in [2.75, 3.05) is 33.9 Å². The zero-order valence-electron chi connectivity index (χ0n) is 32.6. The van der Waals surface area contributed by atoms with Crippen molar-refractivity contribution in [3.05, 3.63) is 106 Å². The Morgan fingerprint density at radius 1 is 0.982 bits per heavy atom. The minimum atomic E-state index is -1.24. The van der Waals surface area contributed by atoms with Crippen molar-refractivity contribution in [3.63, 3.8) is 0 Å². The third-order valence-corrected chi connectivity index (χ3v) is 13.7. The summed E-state index contributed by atoms with van der Waals surface area (Å²) in [5, 5.41) is 25.2. The van der Waals surface area contributed by atoms with Gasteiger partial charge in [-0.15, -0.1) is 11.3 Å². The van der Waals surface area contributed by atoms with Crippen LogP contribution in [0.5, 0.6) is 11.5 Å². The molecule has 55 heavy (non-hydrogen) atoms. The van der Waals surface area contributed by atoms with Gasteiger partial charge in [0.05, 0.1) is 49.9 Å². The van der Waals surface area contributed by atoms with Crippen molar-refractivity contribution in [1.82, 2.24) is 4.90 Å². The molecule has 8 nitrogen and oxygen atoms in total. The minimum absolute atomic E-state index is 0.0294. The van der Waals surface area contributed by atoms with Gasteiger partial charge in [-0.3, -0.25) is 9.59 Å². The van der Waals surface area contributed by atoms with E-state index in [0.29, 0.717) is 67.2 Å². The van der Waals surface area contributed by atoms with Crippen molar-refractivity contribution in [3.8, 4) is 11.5 Å². The predicted octanol–water partition coefficient (Wildman–Crippen LogP) is 8.44. The lowest BCUT2D eigenvalue weighted by Gasteiger charge is -2.46. The largest absolute Gasteiger partial charge is 0.493 e. The van der Waals surface area contributed by atoms with E-state index >= 15 is 0 Å². The number of hydrogen-bond acceptors (Lipinski definition) is 8. The summed E-state index contributed by atoms with van der Waals surface area (Å²) in [7, 11) is 3.17. The number of carbonyl (C=O) groups is 2. The molecule has 1 amide bonds. The highest BCUT2D eigenvalue weighted by molar-refractivity contribution is 7.21. The summed E-state index contributed by atoms with van der Waals surface area (Å²) in [5.74, 6) is 0.906. The number of aliphatic hydroxyl groups excluding tert-OH is 1. The highest BCUT2D eigenvalue weighted by Crippen LogP contribution is 2.59. The molecule has 2 fully saturated rings. The molecule has 4 aliphatic rings. The third kappa shape index (κ3) is 8.27. The Kier molecular flexibility index (Phi) is 11.8. The molecule has 5 atom stereocenters. The predicted molar refractivity (Wildman–Crippen MR) is 217 cm³/mol. The average Bonchev–Trinajstić information content (AvgIpc) is 3.92. The van der Waals surface area contributed by atoms with Crippen molar-refractivity contribution in [2.45, 2.75) is 102 Å². The molecule has 2 heterocycles. The normalized spacial score (nSPS) is 25.6. The minimum Gasteiger partial charge on any atom is -0.493 e. The fourth-order valence-electron chi connectivity index (χ4n) is 9.30. The number of fused-ring (bicyclic) bond motifs is 9. The number of hydrogen-bond donors (Lipinski definition) is 2. The van der Waals surface area contributed by atoms with E-state index < -0.39 is 17.1 Å². The van der Waals surface area contributed by atoms with Gasteiger partial charge in [0.1, 0.15) is 0 Å². The first-order valence-electron chi connectivity index (χ1n) is 19.8. The van der Waals surface area contributed by atoms with Gasteiger partial charge in [0.2, 0.25) is 11.7 Å². The topological polar surface area (TPSA) is 106 Å². The second-order valence-corrected chi connectivity index (χ2v) is 17.3. The summed E-state index contributed by atoms with van der Waals surface area (Å²) in [4.78, 5) is 31.5. The van der Waals surface area contributed by atoms with Gasteiger partial charge in [-0.25, -0.2) is 0 Å². The smallest absolute Gasteiger partial charge is 0.227 e. The van der Waals surface area contributed by atoms with E-state index in [1.807, 2.05) is 59.5 Å². The lowest BCUT2D eigenvalue weighted by atomic mass is 9.64. The van der Waals surface area contributed by atoms with Gasteiger partial charge in [0, 0.05) is 28.8 Å². The maximum atomic E-state index is 14.7. The van der Waals surface area contributed by atoms with E-state index in [-0.39, 0.29) is 36.7 Å². The number of aliphatic hydroxyl groups is 2. The van der Waals surface area contributed by atoms with Gasteiger partial charge in [0.15, 0.2) is 11.5 Å². The van der Waals surface area contributed by atoms with Crippen LogP contribution in [0.3, 0.4) is 0 Å². The Hall–Kier alpha value is -4.02. The molecule has 3 aromatic carbocycles. The summed E-state index contributed by atoms with van der Waals surface area (Å²) >= 11 is 1.50. The van der Waals surface area contributed by atoms with Gasteiger partial charge < -0.3 is 29.3 Å². The van der Waals surface area contributed by atoms with Crippen LogP contribution < -0.4 is 9.47 Å². The SMILES string of the molecule is COc1ccc(CC(=O)N(CC2CCCO2)CC2(O)CCC3c4ccc(cc4C(=O)c4cc5ccccc5s4)CC(O)CCC(C)=CCCC32C)cc1OC. The van der Waals surface area contributed by atoms with E-state index in [1.165, 1.54) is 16.9 Å². The lowest BCUT2D eigenvalue weighted by Crippen LogP contribution is -2.55. The van der Waals surface area contributed by atoms with Gasteiger partial charge in [-0.2, -0.15) is 0 Å². The molecular weight excluding hydrogens is 711 g/mol. The summed E-state index contributed by atoms with van der Waals surface area (Å²) in [5.41, 5.74) is 2.60. The number of ether oxygens (including phenoxy) is 3. The van der Waals surface area contributed by atoms with Crippen LogP contribution >= 0.6 is 11.3 Å². The van der Waals surface area contributed by atoms with Crippen LogP contribution in [0.15, 0.2) is 78.4 Å². The van der Waals surface area contributed by atoms with E-state index in [2.05, 4.69) is 32.1 Å². The fourth-order valence-corrected chi connectivity index (χ4v) is 10.3. The number of thiophene rings is 1. The molecule has 5 unspecified atom stereocenters. The quantitative estimate of drug-likeness (QED) is 0.123. The zero-order chi connectivity index (χ0) is 38.7. The zero-order valence-corrected chi connectivity index (χ0v) is 33.5. The molecule has 2 N–H and O–H groups in total. The van der Waals surface area contributed by atoms with Crippen LogP contribution in [-0.2, 0) is 22.4 Å². The van der Waals surface area contributed by atoms with Crippen molar-refractivity contribution >= 4 is 33.1 Å². The van der Waals surface area contributed by atoms with Crippen LogP contribution in [-0.4, -0.2) is 78.5 Å². The molecule has 3 aliphatic carbocycles. The van der Waals surface area contributed by atoms with Crippen LogP contribution in [0.4, 0.5) is 0 Å². The van der Waals surface area contributed by atoms with Crippen LogP contribution in [0.25, 0.3) is 10.1 Å². The molecule has 9 heteroatoms. The highest BCUT2D eigenvalue weighted by Gasteiger charge is 2.57. The summed E-state index contributed by atoms with van der Waals surface area (Å²) in [6.45, 7) is 5.53. The first kappa shape index (κ1) is 39.2. The number of methoxy groups -OCH3 is 2. The van der Waals surface area contributed by atoms with E-state index in [9.17, 15) is 19.8 Å². The summed E-state index contributed by atoms with van der Waals surface area (Å²) in [6.07, 6.45) is 8.03. The molecule has 2 bridgehead atoms. The molecule has 0 spiro atoms. The average molecular weight is 766 g/mol. The Balaban J connectivity index is 1.27. The van der Waals surface area contributed by atoms with E-state index in [4.69, 9.17) is 14.2 Å². The highest BCUT2D eigenvalue weighted by atomic mass is 32.1. The summed E-state index contributed by atoms with van der Waals surface area (Å²) in [6, 6.07) is 21.7. The molecule has 1 saturated heterocycles. The van der Waals surface area contributed by atoms with Crippen molar-refractivity contribution in [2.24, 2.45) is 5.41 Å². The molecule has 1 saturated carbocycles. The number of amides is 1. The Labute approximate surface area is 329 Å². The second-order valence-electron chi connectivity index (χ2n) is 16.2. The monoisotopic (exact) mass is 765 g/mol. The van der Waals surface area contributed by atoms with Gasteiger partial charge in [-0.1, -0.05) is 55.0 Å². The third-order valence-electron chi connectivity index (χ3n) is 12.6. The molecule has 8 rings (SSSR count). The van der Waals surface area contributed by atoms with Crippen molar-refractivity contribution in [1.29, 1.82) is 0 Å². The van der Waals surface area contributed by atoms with Crippen LogP contribution in [0.2, 0.25) is 0 Å². The summed E-state index contributed by atoms with van der Waals surface area (Å²) < 4.78 is 18.1.